The summed E-state index contributed by atoms with van der Waals surface area (Å²) in [6, 6.07) is 6.18. The lowest BCUT2D eigenvalue weighted by molar-refractivity contribution is -0.159. The van der Waals surface area contributed by atoms with Crippen molar-refractivity contribution in [2.75, 3.05) is 11.5 Å². The van der Waals surface area contributed by atoms with Crippen LogP contribution in [-0.4, -0.2) is 32.1 Å². The summed E-state index contributed by atoms with van der Waals surface area (Å²) >= 11 is 0. The highest BCUT2D eigenvalue weighted by molar-refractivity contribution is 8.01. The normalized spacial score (nSPS) is 17.8. The first kappa shape index (κ1) is 16.8. The van der Waals surface area contributed by atoms with Crippen molar-refractivity contribution in [1.82, 2.24) is 10.1 Å². The largest absolute Gasteiger partial charge is 0.471 e. The van der Waals surface area contributed by atoms with Gasteiger partial charge < -0.3 is 9.08 Å². The van der Waals surface area contributed by atoms with E-state index in [2.05, 4.69) is 19.0 Å². The van der Waals surface area contributed by atoms with Crippen molar-refractivity contribution in [3.05, 3.63) is 47.1 Å². The van der Waals surface area contributed by atoms with Gasteiger partial charge in [0.25, 0.3) is 5.91 Å². The van der Waals surface area contributed by atoms with Gasteiger partial charge in [0.2, 0.25) is 0 Å². The zero-order chi connectivity index (χ0) is 17.4. The van der Waals surface area contributed by atoms with E-state index >= 15 is 0 Å². The molecule has 10 heteroatoms. The fourth-order valence-electron chi connectivity index (χ4n) is 2.16. The Hall–Kier alpha value is -2.07. The molecule has 6 nitrogen and oxygen atoms in total. The van der Waals surface area contributed by atoms with Crippen LogP contribution in [-0.2, 0) is 22.7 Å². The Bertz CT molecular complexity index is 807. The van der Waals surface area contributed by atoms with E-state index < -0.39 is 28.1 Å². The molecule has 0 spiro atoms. The smallest absolute Gasteiger partial charge is 0.344 e. The lowest BCUT2D eigenvalue weighted by Crippen LogP contribution is -2.32. The van der Waals surface area contributed by atoms with Gasteiger partial charge in [-0.1, -0.05) is 17.3 Å². The van der Waals surface area contributed by atoms with Crippen molar-refractivity contribution >= 4 is 16.0 Å². The van der Waals surface area contributed by atoms with Crippen molar-refractivity contribution in [1.29, 1.82) is 0 Å². The number of aromatic nitrogens is 2. The lowest BCUT2D eigenvalue weighted by Gasteiger charge is -2.31. The first-order valence-corrected chi connectivity index (χ1v) is 9.18. The molecule has 0 unspecified atom stereocenters. The van der Waals surface area contributed by atoms with Crippen molar-refractivity contribution in [2.24, 2.45) is 4.36 Å². The van der Waals surface area contributed by atoms with Crippen LogP contribution in [0.15, 0.2) is 33.2 Å². The van der Waals surface area contributed by atoms with Crippen molar-refractivity contribution < 1.29 is 27.0 Å². The van der Waals surface area contributed by atoms with Gasteiger partial charge in [0.15, 0.2) is 5.82 Å². The maximum Gasteiger partial charge on any atom is 0.471 e. The predicted molar refractivity (Wildman–Crippen MR) is 81.0 cm³/mol. The molecule has 1 aliphatic heterocycles. The average molecular weight is 361 g/mol. The fraction of sp³-hybridized carbons (Fsp3) is 0.357. The molecule has 0 atom stereocenters. The number of nitrogens with zero attached hydrogens (tertiary/aromatic N) is 3. The number of hydrogen-bond donors (Lipinski definition) is 2. The third kappa shape index (κ3) is 3.70. The molecular formula is C14H14F3N3O3S. The van der Waals surface area contributed by atoms with Gasteiger partial charge in [0.1, 0.15) is 0 Å². The monoisotopic (exact) mass is 361 g/mol. The summed E-state index contributed by atoms with van der Waals surface area (Å²) in [6.07, 6.45) is -3.75. The fourth-order valence-corrected chi connectivity index (χ4v) is 3.69. The summed E-state index contributed by atoms with van der Waals surface area (Å²) in [5, 5.41) is 3.28. The van der Waals surface area contributed by atoms with Crippen molar-refractivity contribution in [3.8, 4) is 0 Å². The zero-order valence-corrected chi connectivity index (χ0v) is 13.2. The van der Waals surface area contributed by atoms with E-state index in [0.29, 0.717) is 22.6 Å². The highest BCUT2D eigenvalue weighted by atomic mass is 32.3. The second-order valence-corrected chi connectivity index (χ2v) is 8.32. The molecule has 0 radical (unpaired) electrons. The van der Waals surface area contributed by atoms with Gasteiger partial charge in [0, 0.05) is 23.5 Å². The van der Waals surface area contributed by atoms with Crippen LogP contribution in [0, 0.1) is 0 Å². The van der Waals surface area contributed by atoms with E-state index in [1.807, 2.05) is 0 Å². The molecule has 0 saturated carbocycles. The maximum absolute atomic E-state index is 12.4. The predicted octanol–water partition coefficient (Wildman–Crippen LogP) is 2.77. The van der Waals surface area contributed by atoms with Crippen LogP contribution >= 0.6 is 0 Å². The van der Waals surface area contributed by atoms with Crippen molar-refractivity contribution in [3.63, 3.8) is 0 Å². The number of halogens is 3. The Morgan fingerprint density at radius 1 is 1.29 bits per heavy atom. The molecule has 0 aliphatic carbocycles. The summed E-state index contributed by atoms with van der Waals surface area (Å²) in [4.78, 5) is 15.3. The lowest BCUT2D eigenvalue weighted by atomic mass is 10.1. The van der Waals surface area contributed by atoms with Crippen LogP contribution in [0.1, 0.15) is 34.1 Å². The number of carbonyl (C=O) groups is 1. The number of benzene rings is 1. The Morgan fingerprint density at radius 2 is 1.96 bits per heavy atom. The minimum Gasteiger partial charge on any atom is -0.344 e. The Morgan fingerprint density at radius 3 is 2.46 bits per heavy atom. The third-order valence-corrected chi connectivity index (χ3v) is 6.20. The van der Waals surface area contributed by atoms with E-state index in [-0.39, 0.29) is 12.2 Å². The molecule has 1 fully saturated rings. The minimum absolute atomic E-state index is 0.0438. The number of amides is 1. The summed E-state index contributed by atoms with van der Waals surface area (Å²) in [5.41, 5.74) is 0.946. The number of carbonyl (C=O) groups excluding carboxylic acids is 1. The number of thiol groups is 1. The summed E-state index contributed by atoms with van der Waals surface area (Å²) in [5.74, 6) is -0.801. The molecule has 1 N–H and O–H groups in total. The van der Waals surface area contributed by atoms with Gasteiger partial charge in [0.05, 0.1) is 0 Å². The molecule has 1 amide bonds. The van der Waals surface area contributed by atoms with E-state index in [4.69, 9.17) is 0 Å². The molecule has 1 aromatic heterocycles. The topological polar surface area (TPSA) is 88.6 Å². The minimum atomic E-state index is -4.67. The Kier molecular flexibility index (Phi) is 4.26. The van der Waals surface area contributed by atoms with Crippen LogP contribution < -0.4 is 0 Å². The Labute approximate surface area is 136 Å². The van der Waals surface area contributed by atoms with E-state index in [1.54, 1.807) is 12.1 Å². The molecule has 2 aromatic rings. The molecular weight excluding hydrogens is 347 g/mol. The average Bonchev–Trinajstić information content (AvgIpc) is 2.95. The van der Waals surface area contributed by atoms with Crippen LogP contribution in [0.2, 0.25) is 0 Å². The number of rotatable bonds is 3. The van der Waals surface area contributed by atoms with Gasteiger partial charge in [-0.15, -0.1) is 10.1 Å². The maximum atomic E-state index is 12.4. The van der Waals surface area contributed by atoms with Crippen LogP contribution in [0.25, 0.3) is 0 Å². The summed E-state index contributed by atoms with van der Waals surface area (Å²) < 4.78 is 55.2. The highest BCUT2D eigenvalue weighted by Gasteiger charge is 2.38. The SMILES string of the molecule is O=C(N=[SH]1(O)CCC1)c1ccc(Cc2noc(C(F)(F)F)n2)cc1. The van der Waals surface area contributed by atoms with Gasteiger partial charge in [-0.05, 0) is 24.1 Å². The number of alkyl halides is 3. The van der Waals surface area contributed by atoms with Crippen LogP contribution in [0.3, 0.4) is 0 Å². The summed E-state index contributed by atoms with van der Waals surface area (Å²) in [6.45, 7) is 0. The van der Waals surface area contributed by atoms with Gasteiger partial charge in [-0.25, -0.2) is 0 Å². The molecule has 130 valence electrons. The first-order chi connectivity index (χ1) is 11.3. The molecule has 1 saturated heterocycles. The van der Waals surface area contributed by atoms with Gasteiger partial charge >= 0.3 is 12.1 Å². The number of hydrogen-bond acceptors (Lipinski definition) is 4. The second-order valence-electron chi connectivity index (χ2n) is 5.47. The first-order valence-electron chi connectivity index (χ1n) is 7.11. The van der Waals surface area contributed by atoms with Crippen molar-refractivity contribution in [2.45, 2.75) is 19.0 Å². The second kappa shape index (κ2) is 6.10. The molecule has 2 heterocycles. The van der Waals surface area contributed by atoms with Gasteiger partial charge in [-0.2, -0.15) is 22.5 Å². The molecule has 1 aliphatic rings. The quantitative estimate of drug-likeness (QED) is 0.821. The van der Waals surface area contributed by atoms with E-state index in [0.717, 1.165) is 6.42 Å². The van der Waals surface area contributed by atoms with Crippen LogP contribution in [0.5, 0.6) is 0 Å². The standard InChI is InChI=1S/C14H14F3N3O3S/c15-14(16,17)13-18-11(19-23-13)8-9-2-4-10(5-3-9)12(21)20-24(22)6-1-7-24/h2-5,24H,1,6-8H2,(H,20,21,22). The molecule has 1 aromatic carbocycles. The molecule has 0 bridgehead atoms. The Balaban J connectivity index is 1.70. The third-order valence-electron chi connectivity index (χ3n) is 3.58. The molecule has 3 rings (SSSR count). The van der Waals surface area contributed by atoms with Crippen LogP contribution in [0.4, 0.5) is 13.2 Å². The highest BCUT2D eigenvalue weighted by Crippen LogP contribution is 2.27. The molecule has 24 heavy (non-hydrogen) atoms. The van der Waals surface area contributed by atoms with Gasteiger partial charge in [-0.3, -0.25) is 4.79 Å². The van der Waals surface area contributed by atoms with E-state index in [9.17, 15) is 22.5 Å². The zero-order valence-electron chi connectivity index (χ0n) is 12.3. The van der Waals surface area contributed by atoms with E-state index in [1.165, 1.54) is 12.1 Å². The summed E-state index contributed by atoms with van der Waals surface area (Å²) in [7, 11) is -2.41.